The molecule has 25 heavy (non-hydrogen) atoms. The molecule has 9 heteroatoms. The molecule has 1 heterocycles. The first kappa shape index (κ1) is 18.4. The van der Waals surface area contributed by atoms with Gasteiger partial charge in [0.15, 0.2) is 5.13 Å². The minimum Gasteiger partial charge on any atom is -0.435 e. The van der Waals surface area contributed by atoms with Crippen molar-refractivity contribution in [2.75, 3.05) is 5.32 Å². The Labute approximate surface area is 157 Å². The average Bonchev–Trinajstić information content (AvgIpc) is 2.85. The summed E-state index contributed by atoms with van der Waals surface area (Å²) in [4.78, 5) is 17.6. The highest BCUT2D eigenvalue weighted by Gasteiger charge is 2.68. The lowest BCUT2D eigenvalue weighted by molar-refractivity contribution is -0.120. The van der Waals surface area contributed by atoms with Crippen LogP contribution in [0.5, 0.6) is 5.75 Å². The second-order valence-corrected chi connectivity index (χ2v) is 8.68. The van der Waals surface area contributed by atoms with E-state index in [1.165, 1.54) is 23.5 Å². The monoisotopic (exact) mass is 406 g/mol. The Bertz CT molecular complexity index is 811. The second-order valence-electron chi connectivity index (χ2n) is 5.99. The van der Waals surface area contributed by atoms with Crippen LogP contribution in [-0.4, -0.2) is 21.8 Å². The summed E-state index contributed by atoms with van der Waals surface area (Å²) in [6, 6.07) is 6.16. The van der Waals surface area contributed by atoms with Crippen molar-refractivity contribution in [2.45, 2.75) is 31.2 Å². The first-order valence-corrected chi connectivity index (χ1v) is 8.91. The predicted octanol–water partition coefficient (Wildman–Crippen LogP) is 5.24. The van der Waals surface area contributed by atoms with E-state index in [1.54, 1.807) is 19.1 Å². The van der Waals surface area contributed by atoms with Crippen LogP contribution < -0.4 is 10.1 Å². The molecule has 1 N–H and O–H groups in total. The minimum absolute atomic E-state index is 0.0716. The Morgan fingerprint density at radius 2 is 1.96 bits per heavy atom. The number of halogens is 4. The summed E-state index contributed by atoms with van der Waals surface area (Å²) in [5.41, 5.74) is 0.565. The van der Waals surface area contributed by atoms with Crippen LogP contribution in [0.25, 0.3) is 11.3 Å². The lowest BCUT2D eigenvalue weighted by Gasteiger charge is -2.10. The van der Waals surface area contributed by atoms with Gasteiger partial charge < -0.3 is 10.1 Å². The molecule has 1 aromatic carbocycles. The number of aryl methyl sites for hydroxylation is 1. The summed E-state index contributed by atoms with van der Waals surface area (Å²) < 4.78 is 27.7. The van der Waals surface area contributed by atoms with Crippen molar-refractivity contribution in [1.29, 1.82) is 0 Å². The zero-order valence-corrected chi connectivity index (χ0v) is 15.6. The number of carbonyl (C=O) groups excluding carboxylic acids is 1. The van der Waals surface area contributed by atoms with Crippen LogP contribution in [0.2, 0.25) is 0 Å². The fraction of sp³-hybridized carbons (Fsp3) is 0.375. The summed E-state index contributed by atoms with van der Waals surface area (Å²) in [5, 5.41) is 3.18. The van der Waals surface area contributed by atoms with Gasteiger partial charge in [0.05, 0.1) is 11.1 Å². The lowest BCUT2D eigenvalue weighted by atomic mass is 10.1. The minimum atomic E-state index is -2.87. The number of hydrogen-bond donors (Lipinski definition) is 1. The fourth-order valence-electron chi connectivity index (χ4n) is 2.39. The van der Waals surface area contributed by atoms with Gasteiger partial charge >= 0.3 is 6.61 Å². The predicted molar refractivity (Wildman–Crippen MR) is 94.7 cm³/mol. The molecular weight excluding hydrogens is 393 g/mol. The third-order valence-electron chi connectivity index (χ3n) is 4.13. The molecule has 0 bridgehead atoms. The molecule has 0 saturated heterocycles. The molecule has 0 aliphatic heterocycles. The molecule has 0 spiro atoms. The van der Waals surface area contributed by atoms with Crippen molar-refractivity contribution in [3.63, 3.8) is 0 Å². The highest BCUT2D eigenvalue weighted by molar-refractivity contribution is 7.16. The van der Waals surface area contributed by atoms with Crippen molar-refractivity contribution < 1.29 is 18.3 Å². The Balaban J connectivity index is 1.75. The number of nitrogens with one attached hydrogen (secondary N) is 1. The summed E-state index contributed by atoms with van der Waals surface area (Å²) >= 11 is 13.3. The van der Waals surface area contributed by atoms with Gasteiger partial charge in [-0.2, -0.15) is 8.78 Å². The number of nitrogens with zero attached hydrogens (tertiary/aromatic N) is 1. The van der Waals surface area contributed by atoms with Gasteiger partial charge in [-0.25, -0.2) is 4.98 Å². The number of ether oxygens (including phenoxy) is 1. The number of benzene rings is 1. The number of alkyl halides is 4. The first-order chi connectivity index (χ1) is 11.6. The van der Waals surface area contributed by atoms with E-state index in [9.17, 15) is 13.6 Å². The molecule has 4 nitrogen and oxygen atoms in total. The van der Waals surface area contributed by atoms with Gasteiger partial charge in [-0.05, 0) is 44.5 Å². The van der Waals surface area contributed by atoms with Crippen molar-refractivity contribution in [1.82, 2.24) is 4.98 Å². The molecule has 0 radical (unpaired) electrons. The lowest BCUT2D eigenvalue weighted by Crippen LogP contribution is -2.25. The number of carbonyl (C=O) groups is 1. The van der Waals surface area contributed by atoms with Crippen LogP contribution in [0.4, 0.5) is 13.9 Å². The van der Waals surface area contributed by atoms with Crippen molar-refractivity contribution >= 4 is 45.6 Å². The van der Waals surface area contributed by atoms with E-state index in [4.69, 9.17) is 23.2 Å². The third kappa shape index (κ3) is 3.59. The topological polar surface area (TPSA) is 51.2 Å². The maximum absolute atomic E-state index is 12.3. The molecule has 1 unspecified atom stereocenters. The standard InChI is InChI=1S/C16H14Cl2F2N2O2S/c1-8-11(9-3-5-10(6-4-9)24-13(19)20)21-14(25-8)22-12(23)15(2)7-16(15,17)18/h3-6,13H,7H2,1-2H3,(H,21,22,23). The van der Waals surface area contributed by atoms with Gasteiger partial charge in [-0.3, -0.25) is 4.79 Å². The Hall–Kier alpha value is -1.44. The number of anilines is 1. The van der Waals surface area contributed by atoms with Gasteiger partial charge in [-0.1, -0.05) is 0 Å². The van der Waals surface area contributed by atoms with E-state index >= 15 is 0 Å². The fourth-order valence-corrected chi connectivity index (χ4v) is 3.93. The molecule has 1 aromatic heterocycles. The van der Waals surface area contributed by atoms with Gasteiger partial charge in [-0.15, -0.1) is 34.5 Å². The highest BCUT2D eigenvalue weighted by atomic mass is 35.5. The normalized spacial score (nSPS) is 21.2. The van der Waals surface area contributed by atoms with Crippen LogP contribution in [0.3, 0.4) is 0 Å². The quantitative estimate of drug-likeness (QED) is 0.690. The van der Waals surface area contributed by atoms with Crippen LogP contribution in [0.1, 0.15) is 18.2 Å². The largest absolute Gasteiger partial charge is 0.435 e. The van der Waals surface area contributed by atoms with Gasteiger partial charge in [0, 0.05) is 10.4 Å². The summed E-state index contributed by atoms with van der Waals surface area (Å²) in [5.74, 6) is -0.208. The van der Waals surface area contributed by atoms with Crippen LogP contribution in [0.15, 0.2) is 24.3 Å². The Kier molecular flexibility index (Phi) is 4.68. The Morgan fingerprint density at radius 3 is 2.48 bits per heavy atom. The zero-order valence-electron chi connectivity index (χ0n) is 13.3. The van der Waals surface area contributed by atoms with Crippen LogP contribution >= 0.6 is 34.5 Å². The molecule has 1 saturated carbocycles. The zero-order chi connectivity index (χ0) is 18.4. The number of hydrogen-bond acceptors (Lipinski definition) is 4. The van der Waals surface area contributed by atoms with Crippen molar-refractivity contribution in [2.24, 2.45) is 5.41 Å². The average molecular weight is 407 g/mol. The van der Waals surface area contributed by atoms with E-state index in [-0.39, 0.29) is 11.7 Å². The number of thiazole rings is 1. The number of rotatable bonds is 5. The molecular formula is C16H14Cl2F2N2O2S. The first-order valence-electron chi connectivity index (χ1n) is 7.34. The van der Waals surface area contributed by atoms with Crippen molar-refractivity contribution in [3.8, 4) is 17.0 Å². The Morgan fingerprint density at radius 1 is 1.36 bits per heavy atom. The summed E-state index contributed by atoms with van der Waals surface area (Å²) in [7, 11) is 0. The van der Waals surface area contributed by atoms with E-state index in [0.29, 0.717) is 17.2 Å². The number of amides is 1. The smallest absolute Gasteiger partial charge is 0.387 e. The molecule has 1 amide bonds. The SMILES string of the molecule is Cc1sc(NC(=O)C2(C)CC2(Cl)Cl)nc1-c1ccc(OC(F)F)cc1. The molecule has 1 aliphatic carbocycles. The molecule has 2 aromatic rings. The molecule has 134 valence electrons. The molecule has 1 fully saturated rings. The van der Waals surface area contributed by atoms with Crippen molar-refractivity contribution in [3.05, 3.63) is 29.1 Å². The molecule has 1 aliphatic rings. The summed E-state index contributed by atoms with van der Waals surface area (Å²) in [6.45, 7) is 0.692. The molecule has 3 rings (SSSR count). The maximum Gasteiger partial charge on any atom is 0.387 e. The van der Waals surface area contributed by atoms with E-state index in [2.05, 4.69) is 15.0 Å². The van der Waals surface area contributed by atoms with Gasteiger partial charge in [0.1, 0.15) is 10.1 Å². The molecule has 1 atom stereocenters. The van der Waals surface area contributed by atoms with Crippen LogP contribution in [-0.2, 0) is 4.79 Å². The summed E-state index contributed by atoms with van der Waals surface area (Å²) in [6.07, 6.45) is 0.387. The van der Waals surface area contributed by atoms with Crippen LogP contribution in [0, 0.1) is 12.3 Å². The van der Waals surface area contributed by atoms with Gasteiger partial charge in [0.2, 0.25) is 5.91 Å². The second kappa shape index (κ2) is 6.37. The number of aromatic nitrogens is 1. The third-order valence-corrected chi connectivity index (χ3v) is 6.12. The highest BCUT2D eigenvalue weighted by Crippen LogP contribution is 2.64. The van der Waals surface area contributed by atoms with E-state index in [0.717, 1.165) is 10.4 Å². The van der Waals surface area contributed by atoms with Gasteiger partial charge in [0.25, 0.3) is 0 Å². The van der Waals surface area contributed by atoms with E-state index in [1.807, 2.05) is 6.92 Å². The maximum atomic E-state index is 12.3. The van der Waals surface area contributed by atoms with E-state index < -0.39 is 16.4 Å².